The number of aryl methyl sites for hydroxylation is 2. The normalized spacial score (nSPS) is 10.3. The number of nitrogens with one attached hydrogen (secondary N) is 1. The molecule has 0 aliphatic heterocycles. The van der Waals surface area contributed by atoms with E-state index in [0.717, 1.165) is 29.7 Å². The van der Waals surface area contributed by atoms with E-state index in [4.69, 9.17) is 4.74 Å². The van der Waals surface area contributed by atoms with E-state index in [2.05, 4.69) is 5.32 Å². The maximum absolute atomic E-state index is 12.8. The molecule has 2 rings (SSSR count). The van der Waals surface area contributed by atoms with Gasteiger partial charge in [-0.2, -0.15) is 0 Å². The minimum atomic E-state index is -0.222. The number of hydrogen-bond donors (Lipinski definition) is 1. The lowest BCUT2D eigenvalue weighted by Gasteiger charge is -2.06. The van der Waals surface area contributed by atoms with Crippen LogP contribution >= 0.6 is 0 Å². The van der Waals surface area contributed by atoms with Gasteiger partial charge in [0.15, 0.2) is 0 Å². The number of carbonyl (C=O) groups is 1. The first-order chi connectivity index (χ1) is 11.2. The number of carbonyl (C=O) groups excluding carboxylic acids is 1. The molecule has 0 radical (unpaired) electrons. The van der Waals surface area contributed by atoms with Crippen LogP contribution in [0.3, 0.4) is 0 Å². The van der Waals surface area contributed by atoms with Crippen LogP contribution in [-0.4, -0.2) is 19.6 Å². The average Bonchev–Trinajstić information content (AvgIpc) is 2.59. The zero-order chi connectivity index (χ0) is 16.5. The molecular formula is C19H22FNO2. The van der Waals surface area contributed by atoms with Crippen molar-refractivity contribution in [1.82, 2.24) is 5.32 Å². The Bertz CT molecular complexity index is 608. The van der Waals surface area contributed by atoms with E-state index in [1.165, 1.54) is 12.1 Å². The molecule has 0 spiro atoms. The van der Waals surface area contributed by atoms with Crippen LogP contribution in [0, 0.1) is 5.82 Å². The number of methoxy groups -OCH3 is 1. The Morgan fingerprint density at radius 3 is 2.26 bits per heavy atom. The highest BCUT2D eigenvalue weighted by Crippen LogP contribution is 2.12. The molecule has 23 heavy (non-hydrogen) atoms. The minimum absolute atomic E-state index is 0.0555. The molecule has 0 heterocycles. The monoisotopic (exact) mass is 315 g/mol. The van der Waals surface area contributed by atoms with Crippen LogP contribution in [0.5, 0.6) is 5.75 Å². The van der Waals surface area contributed by atoms with E-state index in [0.29, 0.717) is 19.4 Å². The minimum Gasteiger partial charge on any atom is -0.497 e. The van der Waals surface area contributed by atoms with Crippen molar-refractivity contribution < 1.29 is 13.9 Å². The first-order valence-corrected chi connectivity index (χ1v) is 7.81. The summed E-state index contributed by atoms with van der Waals surface area (Å²) in [5, 5.41) is 2.92. The van der Waals surface area contributed by atoms with Crippen LogP contribution in [0.15, 0.2) is 48.5 Å². The lowest BCUT2D eigenvalue weighted by molar-refractivity contribution is -0.121. The molecule has 4 heteroatoms. The Hall–Kier alpha value is -2.36. The molecule has 122 valence electrons. The van der Waals surface area contributed by atoms with Crippen molar-refractivity contribution in [2.75, 3.05) is 13.7 Å². The SMILES string of the molecule is COc1ccc(CCC(=O)NCCCc2ccc(F)cc2)cc1. The van der Waals surface area contributed by atoms with Crippen molar-refractivity contribution in [2.45, 2.75) is 25.7 Å². The molecule has 2 aromatic carbocycles. The van der Waals surface area contributed by atoms with Gasteiger partial charge in [-0.05, 0) is 54.7 Å². The van der Waals surface area contributed by atoms with Gasteiger partial charge in [0.05, 0.1) is 7.11 Å². The van der Waals surface area contributed by atoms with Crippen molar-refractivity contribution in [3.63, 3.8) is 0 Å². The van der Waals surface area contributed by atoms with Crippen LogP contribution in [0.4, 0.5) is 4.39 Å². The standard InChI is InChI=1S/C19H22FNO2/c1-23-18-11-6-16(7-12-18)8-13-19(22)21-14-2-3-15-4-9-17(20)10-5-15/h4-7,9-12H,2-3,8,13-14H2,1H3,(H,21,22). The van der Waals surface area contributed by atoms with E-state index < -0.39 is 0 Å². The molecule has 1 N–H and O–H groups in total. The maximum atomic E-state index is 12.8. The Morgan fingerprint density at radius 2 is 1.61 bits per heavy atom. The summed E-state index contributed by atoms with van der Waals surface area (Å²) in [6, 6.07) is 14.2. The first-order valence-electron chi connectivity index (χ1n) is 7.81. The maximum Gasteiger partial charge on any atom is 0.220 e. The van der Waals surface area contributed by atoms with Crippen molar-refractivity contribution in [3.8, 4) is 5.75 Å². The molecule has 2 aromatic rings. The lowest BCUT2D eigenvalue weighted by Crippen LogP contribution is -2.24. The van der Waals surface area contributed by atoms with Crippen LogP contribution < -0.4 is 10.1 Å². The summed E-state index contributed by atoms with van der Waals surface area (Å²) < 4.78 is 17.9. The van der Waals surface area contributed by atoms with Gasteiger partial charge in [0.25, 0.3) is 0 Å². The van der Waals surface area contributed by atoms with Gasteiger partial charge in [-0.15, -0.1) is 0 Å². The number of benzene rings is 2. The van der Waals surface area contributed by atoms with Gasteiger partial charge in [-0.1, -0.05) is 24.3 Å². The summed E-state index contributed by atoms with van der Waals surface area (Å²) in [5.41, 5.74) is 2.20. The van der Waals surface area contributed by atoms with Crippen molar-refractivity contribution in [1.29, 1.82) is 0 Å². The molecular weight excluding hydrogens is 293 g/mol. The molecule has 0 atom stereocenters. The average molecular weight is 315 g/mol. The largest absolute Gasteiger partial charge is 0.497 e. The third-order valence-corrected chi connectivity index (χ3v) is 3.68. The van der Waals surface area contributed by atoms with Crippen molar-refractivity contribution in [3.05, 3.63) is 65.5 Å². The third-order valence-electron chi connectivity index (χ3n) is 3.68. The Labute approximate surface area is 136 Å². The molecule has 1 amide bonds. The highest BCUT2D eigenvalue weighted by molar-refractivity contribution is 5.76. The van der Waals surface area contributed by atoms with Gasteiger partial charge in [-0.3, -0.25) is 4.79 Å². The van der Waals surface area contributed by atoms with E-state index in [1.54, 1.807) is 19.2 Å². The molecule has 3 nitrogen and oxygen atoms in total. The highest BCUT2D eigenvalue weighted by Gasteiger charge is 2.02. The van der Waals surface area contributed by atoms with Gasteiger partial charge in [0.2, 0.25) is 5.91 Å². The third kappa shape index (κ3) is 6.10. The zero-order valence-electron chi connectivity index (χ0n) is 13.3. The summed E-state index contributed by atoms with van der Waals surface area (Å²) in [4.78, 5) is 11.8. The van der Waals surface area contributed by atoms with Crippen LogP contribution in [-0.2, 0) is 17.6 Å². The van der Waals surface area contributed by atoms with Crippen LogP contribution in [0.1, 0.15) is 24.0 Å². The summed E-state index contributed by atoms with van der Waals surface area (Å²) in [6.45, 7) is 0.638. The predicted molar refractivity (Wildman–Crippen MR) is 89.0 cm³/mol. The molecule has 0 aliphatic rings. The Kier molecular flexibility index (Phi) is 6.60. The highest BCUT2D eigenvalue weighted by atomic mass is 19.1. The van der Waals surface area contributed by atoms with Gasteiger partial charge in [-0.25, -0.2) is 4.39 Å². The summed E-state index contributed by atoms with van der Waals surface area (Å²) in [5.74, 6) is 0.652. The number of rotatable bonds is 8. The number of halogens is 1. The second kappa shape index (κ2) is 8.93. The molecule has 0 saturated heterocycles. The van der Waals surface area contributed by atoms with E-state index in [-0.39, 0.29) is 11.7 Å². The molecule has 0 saturated carbocycles. The van der Waals surface area contributed by atoms with E-state index in [1.807, 2.05) is 24.3 Å². The fraction of sp³-hybridized carbons (Fsp3) is 0.316. The quantitative estimate of drug-likeness (QED) is 0.757. The second-order valence-electron chi connectivity index (χ2n) is 5.43. The van der Waals surface area contributed by atoms with Crippen LogP contribution in [0.25, 0.3) is 0 Å². The molecule has 0 bridgehead atoms. The smallest absolute Gasteiger partial charge is 0.220 e. The lowest BCUT2D eigenvalue weighted by atomic mass is 10.1. The van der Waals surface area contributed by atoms with Gasteiger partial charge in [0, 0.05) is 13.0 Å². The van der Waals surface area contributed by atoms with E-state index in [9.17, 15) is 9.18 Å². The Balaban J connectivity index is 1.62. The van der Waals surface area contributed by atoms with Gasteiger partial charge < -0.3 is 10.1 Å². The number of ether oxygens (including phenoxy) is 1. The van der Waals surface area contributed by atoms with Gasteiger partial charge >= 0.3 is 0 Å². The number of amides is 1. The second-order valence-corrected chi connectivity index (χ2v) is 5.43. The zero-order valence-corrected chi connectivity index (χ0v) is 13.3. The fourth-order valence-corrected chi connectivity index (χ4v) is 2.31. The fourth-order valence-electron chi connectivity index (χ4n) is 2.31. The van der Waals surface area contributed by atoms with Gasteiger partial charge in [0.1, 0.15) is 11.6 Å². The predicted octanol–water partition coefficient (Wildman–Crippen LogP) is 3.52. The molecule has 0 fully saturated rings. The number of hydrogen-bond acceptors (Lipinski definition) is 2. The molecule has 0 unspecified atom stereocenters. The first kappa shape index (κ1) is 17.0. The van der Waals surface area contributed by atoms with E-state index >= 15 is 0 Å². The molecule has 0 aromatic heterocycles. The molecule has 0 aliphatic carbocycles. The van der Waals surface area contributed by atoms with Crippen molar-refractivity contribution >= 4 is 5.91 Å². The van der Waals surface area contributed by atoms with Crippen LogP contribution in [0.2, 0.25) is 0 Å². The summed E-state index contributed by atoms with van der Waals surface area (Å²) in [6.07, 6.45) is 2.87. The Morgan fingerprint density at radius 1 is 1.00 bits per heavy atom. The summed E-state index contributed by atoms with van der Waals surface area (Å²) in [7, 11) is 1.63. The van der Waals surface area contributed by atoms with Crippen molar-refractivity contribution in [2.24, 2.45) is 0 Å². The summed E-state index contributed by atoms with van der Waals surface area (Å²) >= 11 is 0. The topological polar surface area (TPSA) is 38.3 Å².